The molecule has 0 radical (unpaired) electrons. The van der Waals surface area contributed by atoms with Gasteiger partial charge in [0.1, 0.15) is 10.5 Å². The highest BCUT2D eigenvalue weighted by molar-refractivity contribution is 7.71. The Kier molecular flexibility index (Phi) is 4.18. The summed E-state index contributed by atoms with van der Waals surface area (Å²) in [7, 11) is 0. The molecule has 20 heavy (non-hydrogen) atoms. The van der Waals surface area contributed by atoms with Gasteiger partial charge in [0.25, 0.3) is 0 Å². The number of aromatic amines is 1. The van der Waals surface area contributed by atoms with Crippen LogP contribution in [0.3, 0.4) is 0 Å². The summed E-state index contributed by atoms with van der Waals surface area (Å²) in [6.07, 6.45) is 0.332. The number of carbonyl (C=O) groups is 1. The third kappa shape index (κ3) is 2.72. The van der Waals surface area contributed by atoms with Crippen molar-refractivity contribution < 1.29 is 13.9 Å². The second-order valence-corrected chi connectivity index (χ2v) is 5.21. The van der Waals surface area contributed by atoms with E-state index >= 15 is 0 Å². The van der Waals surface area contributed by atoms with Crippen molar-refractivity contribution in [1.29, 1.82) is 0 Å². The summed E-state index contributed by atoms with van der Waals surface area (Å²) in [6, 6.07) is 4.24. The summed E-state index contributed by atoms with van der Waals surface area (Å²) >= 11 is 5.27. The van der Waals surface area contributed by atoms with Crippen molar-refractivity contribution in [3.05, 3.63) is 39.8 Å². The minimum atomic E-state index is -0.465. The largest absolute Gasteiger partial charge is 0.459 e. The highest BCUT2D eigenvalue weighted by Gasteiger charge is 2.19. The van der Waals surface area contributed by atoms with Crippen molar-refractivity contribution in [1.82, 2.24) is 4.98 Å². The number of ether oxygens (including phenoxy) is 1. The van der Waals surface area contributed by atoms with Crippen molar-refractivity contribution in [2.45, 2.75) is 33.3 Å². The Morgan fingerprint density at radius 1 is 1.45 bits per heavy atom. The highest BCUT2D eigenvalue weighted by atomic mass is 32.1. The number of H-pyrrole nitrogens is 1. The molecule has 1 aromatic heterocycles. The van der Waals surface area contributed by atoms with Gasteiger partial charge in [-0.15, -0.1) is 0 Å². The molecule has 106 valence electrons. The molecule has 0 bridgehead atoms. The minimum absolute atomic E-state index is 0.242. The molecule has 1 aromatic carbocycles. The summed E-state index contributed by atoms with van der Waals surface area (Å²) in [5, 5.41) is 0.501. The molecule has 0 spiro atoms. The second kappa shape index (κ2) is 5.71. The van der Waals surface area contributed by atoms with E-state index in [1.54, 1.807) is 19.9 Å². The van der Waals surface area contributed by atoms with E-state index in [1.165, 1.54) is 12.1 Å². The maximum atomic E-state index is 13.5. The fourth-order valence-corrected chi connectivity index (χ4v) is 2.51. The summed E-state index contributed by atoms with van der Waals surface area (Å²) in [4.78, 5) is 15.3. The quantitative estimate of drug-likeness (QED) is 0.682. The summed E-state index contributed by atoms with van der Waals surface area (Å²) in [5.74, 6) is -0.865. The number of halogens is 1. The first-order valence-corrected chi connectivity index (χ1v) is 6.90. The first-order valence-electron chi connectivity index (χ1n) is 6.49. The van der Waals surface area contributed by atoms with E-state index in [0.717, 1.165) is 0 Å². The summed E-state index contributed by atoms with van der Waals surface area (Å²) in [6.45, 7) is 5.45. The number of pyridine rings is 1. The van der Waals surface area contributed by atoms with E-state index in [1.807, 2.05) is 6.92 Å². The Morgan fingerprint density at radius 3 is 2.75 bits per heavy atom. The van der Waals surface area contributed by atoms with Crippen LogP contribution in [0.2, 0.25) is 0 Å². The highest BCUT2D eigenvalue weighted by Crippen LogP contribution is 2.24. The molecule has 0 fully saturated rings. The molecule has 1 N–H and O–H groups in total. The van der Waals surface area contributed by atoms with Crippen molar-refractivity contribution in [2.75, 3.05) is 0 Å². The molecule has 5 heteroatoms. The molecule has 3 nitrogen and oxygen atoms in total. The Morgan fingerprint density at radius 2 is 2.15 bits per heavy atom. The van der Waals surface area contributed by atoms with E-state index in [9.17, 15) is 9.18 Å². The van der Waals surface area contributed by atoms with Gasteiger partial charge in [-0.3, -0.25) is 0 Å². The summed E-state index contributed by atoms with van der Waals surface area (Å²) < 4.78 is 19.2. The molecular formula is C15H16FNO2S. The Balaban J connectivity index is 2.79. The van der Waals surface area contributed by atoms with Crippen LogP contribution in [0.5, 0.6) is 0 Å². The number of fused-ring (bicyclic) bond motifs is 1. The number of carbonyl (C=O) groups excluding carboxylic acids is 1. The van der Waals surface area contributed by atoms with Crippen LogP contribution in [0.25, 0.3) is 10.9 Å². The molecule has 0 unspecified atom stereocenters. The lowest BCUT2D eigenvalue weighted by molar-refractivity contribution is 0.0379. The number of rotatable bonds is 3. The van der Waals surface area contributed by atoms with Gasteiger partial charge in [-0.05, 0) is 38.5 Å². The molecule has 0 amide bonds. The predicted molar refractivity (Wildman–Crippen MR) is 79.0 cm³/mol. The molecule has 0 aliphatic carbocycles. The van der Waals surface area contributed by atoms with Crippen LogP contribution in [0, 0.1) is 10.5 Å². The fourth-order valence-electron chi connectivity index (χ4n) is 2.15. The predicted octanol–water partition coefficient (Wildman–Crippen LogP) is 4.16. The zero-order chi connectivity index (χ0) is 14.9. The smallest absolute Gasteiger partial charge is 0.339 e. The number of hydrogen-bond donors (Lipinski definition) is 1. The average molecular weight is 293 g/mol. The van der Waals surface area contributed by atoms with E-state index in [0.29, 0.717) is 33.1 Å². The number of benzene rings is 1. The molecule has 0 atom stereocenters. The van der Waals surface area contributed by atoms with E-state index in [4.69, 9.17) is 17.0 Å². The van der Waals surface area contributed by atoms with Crippen molar-refractivity contribution in [3.63, 3.8) is 0 Å². The van der Waals surface area contributed by atoms with Crippen LogP contribution in [0.15, 0.2) is 18.2 Å². The van der Waals surface area contributed by atoms with Gasteiger partial charge in [-0.1, -0.05) is 19.1 Å². The number of nitrogens with one attached hydrogen (secondary N) is 1. The second-order valence-electron chi connectivity index (χ2n) is 4.81. The van der Waals surface area contributed by atoms with Crippen LogP contribution in [-0.2, 0) is 11.2 Å². The van der Waals surface area contributed by atoms with E-state index in [-0.39, 0.29) is 6.10 Å². The first kappa shape index (κ1) is 14.7. The molecule has 0 saturated carbocycles. The topological polar surface area (TPSA) is 42.1 Å². The third-order valence-electron chi connectivity index (χ3n) is 2.98. The molecule has 2 rings (SSSR count). The molecule has 0 aliphatic heterocycles. The van der Waals surface area contributed by atoms with Crippen LogP contribution >= 0.6 is 12.2 Å². The number of esters is 1. The maximum absolute atomic E-state index is 13.5. The van der Waals surface area contributed by atoms with Crippen LogP contribution < -0.4 is 0 Å². The SMILES string of the molecule is CCc1c(C(=O)OC(C)C)c2cc(F)ccc2[nH]c1=S. The van der Waals surface area contributed by atoms with Crippen molar-refractivity contribution >= 4 is 29.1 Å². The molecule has 1 heterocycles. The standard InChI is InChI=1S/C15H16FNO2S/c1-4-10-13(15(18)19-8(2)3)11-7-9(16)5-6-12(11)17-14(10)20/h5-8H,4H2,1-3H3,(H,17,20). The van der Waals surface area contributed by atoms with E-state index < -0.39 is 11.8 Å². The van der Waals surface area contributed by atoms with Gasteiger partial charge in [-0.2, -0.15) is 0 Å². The van der Waals surface area contributed by atoms with Gasteiger partial charge >= 0.3 is 5.97 Å². The van der Waals surface area contributed by atoms with Crippen molar-refractivity contribution in [3.8, 4) is 0 Å². The van der Waals surface area contributed by atoms with Gasteiger partial charge < -0.3 is 9.72 Å². The maximum Gasteiger partial charge on any atom is 0.339 e. The molecule has 2 aromatic rings. The van der Waals surface area contributed by atoms with Gasteiger partial charge in [0, 0.05) is 16.5 Å². The Hall–Kier alpha value is -1.75. The lowest BCUT2D eigenvalue weighted by Crippen LogP contribution is -2.15. The van der Waals surface area contributed by atoms with Gasteiger partial charge in [0.05, 0.1) is 11.7 Å². The zero-order valence-corrected chi connectivity index (χ0v) is 12.4. The molecule has 0 aliphatic rings. The summed E-state index contributed by atoms with van der Waals surface area (Å²) in [5.41, 5.74) is 1.67. The van der Waals surface area contributed by atoms with Crippen LogP contribution in [0.4, 0.5) is 4.39 Å². The molecular weight excluding hydrogens is 277 g/mol. The Labute approximate surface area is 121 Å². The average Bonchev–Trinajstić information content (AvgIpc) is 2.36. The normalized spacial score (nSPS) is 11.1. The lowest BCUT2D eigenvalue weighted by Gasteiger charge is -2.14. The zero-order valence-electron chi connectivity index (χ0n) is 11.6. The monoisotopic (exact) mass is 293 g/mol. The lowest BCUT2D eigenvalue weighted by atomic mass is 10.0. The first-order chi connectivity index (χ1) is 9.43. The van der Waals surface area contributed by atoms with Crippen molar-refractivity contribution in [2.24, 2.45) is 0 Å². The third-order valence-corrected chi connectivity index (χ3v) is 3.32. The Bertz CT molecular complexity index is 722. The molecule has 0 saturated heterocycles. The number of aromatic nitrogens is 1. The van der Waals surface area contributed by atoms with Gasteiger partial charge in [0.15, 0.2) is 0 Å². The van der Waals surface area contributed by atoms with Crippen LogP contribution in [-0.4, -0.2) is 17.1 Å². The van der Waals surface area contributed by atoms with Gasteiger partial charge in [0.2, 0.25) is 0 Å². The van der Waals surface area contributed by atoms with Crippen LogP contribution in [0.1, 0.15) is 36.7 Å². The number of hydrogen-bond acceptors (Lipinski definition) is 3. The van der Waals surface area contributed by atoms with Gasteiger partial charge in [-0.25, -0.2) is 9.18 Å². The van der Waals surface area contributed by atoms with E-state index in [2.05, 4.69) is 4.98 Å². The fraction of sp³-hybridized carbons (Fsp3) is 0.333. The minimum Gasteiger partial charge on any atom is -0.459 e.